The standard InChI is InChI=1S/C25H33N3O/c1-5-7-8-9-16-28(4)19-21-12-10-13-22(15-14-21)25(29)27-24-17-23(11-6-2)20(3)26-18-24/h6,11-15,17-18H,2-3,5,7-10,16,19H2,1,4H3,(H,27,29)/b23-11-. The van der Waals surface area contributed by atoms with Crippen molar-refractivity contribution < 1.29 is 4.79 Å². The Bertz CT molecular complexity index is 908. The Morgan fingerprint density at radius 3 is 2.86 bits per heavy atom. The molecule has 4 nitrogen and oxygen atoms in total. The number of aromatic nitrogens is 1. The lowest BCUT2D eigenvalue weighted by atomic mass is 10.1. The van der Waals surface area contributed by atoms with Crippen LogP contribution < -0.4 is 15.9 Å². The number of hydrogen-bond acceptors (Lipinski definition) is 3. The Hall–Kier alpha value is -2.72. The Labute approximate surface area is 174 Å². The molecule has 2 rings (SSSR count). The van der Waals surface area contributed by atoms with Crippen LogP contribution in [0.5, 0.6) is 0 Å². The minimum Gasteiger partial charge on any atom is -0.321 e. The van der Waals surface area contributed by atoms with E-state index in [9.17, 15) is 4.79 Å². The predicted octanol–water partition coefficient (Wildman–Crippen LogP) is 3.72. The van der Waals surface area contributed by atoms with Gasteiger partial charge in [-0.15, -0.1) is 0 Å². The first-order chi connectivity index (χ1) is 14.0. The number of amides is 1. The number of pyridine rings is 1. The van der Waals surface area contributed by atoms with Crippen molar-refractivity contribution in [3.05, 3.63) is 70.9 Å². The molecule has 0 aliphatic heterocycles. The molecule has 1 amide bonds. The first-order valence-corrected chi connectivity index (χ1v) is 10.4. The molecule has 154 valence electrons. The first-order valence-electron chi connectivity index (χ1n) is 10.4. The quantitative estimate of drug-likeness (QED) is 0.618. The van der Waals surface area contributed by atoms with Crippen LogP contribution >= 0.6 is 0 Å². The Morgan fingerprint density at radius 1 is 1.28 bits per heavy atom. The number of nitrogens with zero attached hydrogens (tertiary/aromatic N) is 2. The molecule has 1 aromatic rings. The number of anilines is 1. The van der Waals surface area contributed by atoms with Crippen LogP contribution in [0.15, 0.2) is 60.4 Å². The number of carbonyl (C=O) groups excluding carboxylic acids is 1. The zero-order chi connectivity index (χ0) is 21.1. The van der Waals surface area contributed by atoms with Crippen LogP contribution in [0.4, 0.5) is 5.69 Å². The van der Waals surface area contributed by atoms with Gasteiger partial charge in [-0.2, -0.15) is 0 Å². The molecule has 1 aromatic heterocycles. The highest BCUT2D eigenvalue weighted by Gasteiger charge is 2.10. The Morgan fingerprint density at radius 2 is 2.10 bits per heavy atom. The van der Waals surface area contributed by atoms with E-state index in [1.54, 1.807) is 12.3 Å². The summed E-state index contributed by atoms with van der Waals surface area (Å²) < 4.78 is 0. The van der Waals surface area contributed by atoms with E-state index in [0.29, 0.717) is 16.6 Å². The van der Waals surface area contributed by atoms with E-state index >= 15 is 0 Å². The molecule has 0 fully saturated rings. The number of carbonyl (C=O) groups is 1. The van der Waals surface area contributed by atoms with Crippen LogP contribution in [0.3, 0.4) is 0 Å². The minimum atomic E-state index is -0.132. The zero-order valence-electron chi connectivity index (χ0n) is 17.8. The van der Waals surface area contributed by atoms with E-state index < -0.39 is 0 Å². The fourth-order valence-corrected chi connectivity index (χ4v) is 3.21. The number of nitrogens with one attached hydrogen (secondary N) is 1. The van der Waals surface area contributed by atoms with E-state index in [4.69, 9.17) is 0 Å². The summed E-state index contributed by atoms with van der Waals surface area (Å²) in [6, 6.07) is 1.85. The highest BCUT2D eigenvalue weighted by molar-refractivity contribution is 6.05. The highest BCUT2D eigenvalue weighted by atomic mass is 16.1. The topological polar surface area (TPSA) is 45.2 Å². The Kier molecular flexibility index (Phi) is 9.32. The number of unbranched alkanes of at least 4 members (excludes halogenated alkanes) is 3. The van der Waals surface area contributed by atoms with E-state index in [0.717, 1.165) is 24.7 Å². The molecule has 1 aliphatic rings. The molecule has 1 heterocycles. The molecule has 0 spiro atoms. The van der Waals surface area contributed by atoms with Crippen molar-refractivity contribution in [3.63, 3.8) is 0 Å². The maximum Gasteiger partial charge on any atom is 0.255 e. The number of hydrogen-bond donors (Lipinski definition) is 1. The average molecular weight is 392 g/mol. The molecular formula is C25H33N3O. The fraction of sp³-hybridized carbons (Fsp3) is 0.360. The molecule has 1 aliphatic carbocycles. The van der Waals surface area contributed by atoms with Gasteiger partial charge in [-0.3, -0.25) is 9.78 Å². The number of allylic oxidation sites excluding steroid dienone is 3. The van der Waals surface area contributed by atoms with Gasteiger partial charge in [-0.1, -0.05) is 69.7 Å². The predicted molar refractivity (Wildman–Crippen MR) is 124 cm³/mol. The van der Waals surface area contributed by atoms with Gasteiger partial charge in [-0.05, 0) is 44.1 Å². The molecule has 0 unspecified atom stereocenters. The van der Waals surface area contributed by atoms with Crippen molar-refractivity contribution in [1.82, 2.24) is 9.88 Å². The lowest BCUT2D eigenvalue weighted by molar-refractivity contribution is -0.112. The summed E-state index contributed by atoms with van der Waals surface area (Å²) in [5.74, 6) is -0.132. The van der Waals surface area contributed by atoms with Gasteiger partial charge in [-0.25, -0.2) is 0 Å². The van der Waals surface area contributed by atoms with Crippen LogP contribution in [0, 0.1) is 0 Å². The van der Waals surface area contributed by atoms with Crippen molar-refractivity contribution in [1.29, 1.82) is 0 Å². The van der Waals surface area contributed by atoms with Crippen LogP contribution in [-0.4, -0.2) is 35.9 Å². The molecule has 0 radical (unpaired) electrons. The SMILES string of the molecule is C=C/C=c1/cc(NC(=O)C2=CCC=C(CN(C)CCCCCC)C=C2)cnc1=C. The molecular weight excluding hydrogens is 358 g/mol. The molecule has 1 N–H and O–H groups in total. The smallest absolute Gasteiger partial charge is 0.255 e. The van der Waals surface area contributed by atoms with Gasteiger partial charge in [0.1, 0.15) is 0 Å². The summed E-state index contributed by atoms with van der Waals surface area (Å²) in [7, 11) is 2.16. The molecule has 0 bridgehead atoms. The third-order valence-electron chi connectivity index (χ3n) is 4.86. The fourth-order valence-electron chi connectivity index (χ4n) is 3.21. The molecule has 0 aromatic carbocycles. The molecule has 4 heteroatoms. The maximum atomic E-state index is 12.7. The lowest BCUT2D eigenvalue weighted by Crippen LogP contribution is -2.27. The third-order valence-corrected chi connectivity index (χ3v) is 4.86. The second-order valence-corrected chi connectivity index (χ2v) is 7.42. The normalized spacial score (nSPS) is 14.4. The van der Waals surface area contributed by atoms with Crippen LogP contribution in [0.25, 0.3) is 12.7 Å². The van der Waals surface area contributed by atoms with Gasteiger partial charge in [0.15, 0.2) is 0 Å². The third kappa shape index (κ3) is 7.66. The van der Waals surface area contributed by atoms with Crippen molar-refractivity contribution in [3.8, 4) is 0 Å². The second kappa shape index (κ2) is 12.0. The number of rotatable bonds is 10. The lowest BCUT2D eigenvalue weighted by Gasteiger charge is -2.17. The summed E-state index contributed by atoms with van der Waals surface area (Å²) in [5, 5.41) is 4.42. The molecule has 0 saturated heterocycles. The molecule has 29 heavy (non-hydrogen) atoms. The van der Waals surface area contributed by atoms with Gasteiger partial charge in [0.25, 0.3) is 5.91 Å². The van der Waals surface area contributed by atoms with Gasteiger partial charge in [0.2, 0.25) is 0 Å². The van der Waals surface area contributed by atoms with Crippen molar-refractivity contribution >= 4 is 24.2 Å². The number of likely N-dealkylation sites (N-methyl/N-ethyl adjacent to an activating group) is 1. The van der Waals surface area contributed by atoms with Gasteiger partial charge < -0.3 is 10.2 Å². The largest absolute Gasteiger partial charge is 0.321 e. The van der Waals surface area contributed by atoms with Gasteiger partial charge >= 0.3 is 0 Å². The summed E-state index contributed by atoms with van der Waals surface area (Å²) in [5.41, 5.74) is 2.55. The molecule has 0 atom stereocenters. The van der Waals surface area contributed by atoms with Gasteiger partial charge in [0, 0.05) is 17.3 Å². The summed E-state index contributed by atoms with van der Waals surface area (Å²) in [6.07, 6.45) is 19.1. The van der Waals surface area contributed by atoms with Gasteiger partial charge in [0.05, 0.1) is 17.2 Å². The van der Waals surface area contributed by atoms with Crippen LogP contribution in [0.1, 0.15) is 39.0 Å². The molecule has 0 saturated carbocycles. The highest BCUT2D eigenvalue weighted by Crippen LogP contribution is 2.14. The minimum absolute atomic E-state index is 0.132. The van der Waals surface area contributed by atoms with Crippen molar-refractivity contribution in [2.24, 2.45) is 0 Å². The van der Waals surface area contributed by atoms with E-state index in [2.05, 4.69) is 54.5 Å². The van der Waals surface area contributed by atoms with Crippen molar-refractivity contribution in [2.75, 3.05) is 25.5 Å². The van der Waals surface area contributed by atoms with Crippen molar-refractivity contribution in [2.45, 2.75) is 39.0 Å². The van der Waals surface area contributed by atoms with E-state index in [1.807, 2.05) is 24.3 Å². The monoisotopic (exact) mass is 391 g/mol. The summed E-state index contributed by atoms with van der Waals surface area (Å²) >= 11 is 0. The Balaban J connectivity index is 1.94. The summed E-state index contributed by atoms with van der Waals surface area (Å²) in [6.45, 7) is 11.8. The zero-order valence-corrected chi connectivity index (χ0v) is 17.8. The van der Waals surface area contributed by atoms with Crippen LogP contribution in [-0.2, 0) is 4.79 Å². The average Bonchev–Trinajstić information content (AvgIpc) is 2.94. The summed E-state index contributed by atoms with van der Waals surface area (Å²) in [4.78, 5) is 19.3. The first kappa shape index (κ1) is 22.6. The second-order valence-electron chi connectivity index (χ2n) is 7.42. The van der Waals surface area contributed by atoms with E-state index in [1.165, 1.54) is 31.3 Å². The maximum absolute atomic E-state index is 12.7. The van der Waals surface area contributed by atoms with E-state index in [-0.39, 0.29) is 5.91 Å². The van der Waals surface area contributed by atoms with Crippen LogP contribution in [0.2, 0.25) is 0 Å².